The normalized spacial score (nSPS) is 18.1. The van der Waals surface area contributed by atoms with E-state index in [4.69, 9.17) is 0 Å². The second-order valence-electron chi connectivity index (χ2n) is 6.71. The van der Waals surface area contributed by atoms with Crippen LogP contribution in [0.2, 0.25) is 0 Å². The van der Waals surface area contributed by atoms with E-state index >= 15 is 0 Å². The van der Waals surface area contributed by atoms with Gasteiger partial charge in [0.05, 0.1) is 0 Å². The van der Waals surface area contributed by atoms with Crippen LogP contribution in [0.4, 0.5) is 18.9 Å². The summed E-state index contributed by atoms with van der Waals surface area (Å²) in [5.74, 6) is -0.180. The molecule has 0 bridgehead atoms. The molecule has 1 saturated heterocycles. The molecule has 0 aromatic heterocycles. The van der Waals surface area contributed by atoms with E-state index in [1.807, 2.05) is 0 Å². The summed E-state index contributed by atoms with van der Waals surface area (Å²) in [5, 5.41) is 7.90. The first-order chi connectivity index (χ1) is 12.2. The van der Waals surface area contributed by atoms with Crippen LogP contribution in [0.5, 0.6) is 0 Å². The average Bonchev–Trinajstić information content (AvgIpc) is 2.60. The second-order valence-corrected chi connectivity index (χ2v) is 6.71. The number of benzene rings is 1. The molecule has 0 spiro atoms. The van der Waals surface area contributed by atoms with Crippen molar-refractivity contribution in [1.82, 2.24) is 10.6 Å². The average molecular weight is 408 g/mol. The molecule has 1 fully saturated rings. The van der Waals surface area contributed by atoms with Gasteiger partial charge in [0.1, 0.15) is 6.54 Å². The van der Waals surface area contributed by atoms with Crippen molar-refractivity contribution < 1.29 is 22.8 Å². The topological polar surface area (TPSA) is 70.2 Å². The van der Waals surface area contributed by atoms with Crippen molar-refractivity contribution in [3.05, 3.63) is 29.8 Å². The minimum Gasteiger partial charge on any atom is -0.343 e. The molecule has 0 saturated carbocycles. The first kappa shape index (κ1) is 23.2. The Morgan fingerprint density at radius 2 is 1.93 bits per heavy atom. The molecule has 1 heterocycles. The monoisotopic (exact) mass is 407 g/mol. The van der Waals surface area contributed by atoms with Crippen molar-refractivity contribution in [2.75, 3.05) is 25.0 Å². The number of hydrogen-bond donors (Lipinski definition) is 3. The Labute approximate surface area is 162 Å². The lowest BCUT2D eigenvalue weighted by Crippen LogP contribution is -2.34. The Balaban J connectivity index is 0.00000364. The van der Waals surface area contributed by atoms with E-state index in [1.54, 1.807) is 5.32 Å². The van der Waals surface area contributed by atoms with Gasteiger partial charge in [-0.3, -0.25) is 9.59 Å². The van der Waals surface area contributed by atoms with E-state index in [0.29, 0.717) is 18.0 Å². The molecule has 152 valence electrons. The highest BCUT2D eigenvalue weighted by molar-refractivity contribution is 5.95. The number of hydrogen-bond acceptors (Lipinski definition) is 3. The molecule has 3 N–H and O–H groups in total. The van der Waals surface area contributed by atoms with Crippen molar-refractivity contribution in [1.29, 1.82) is 0 Å². The minimum absolute atomic E-state index is 0. The molecule has 27 heavy (non-hydrogen) atoms. The molecule has 0 aliphatic carbocycles. The summed E-state index contributed by atoms with van der Waals surface area (Å²) in [5.41, 5.74) is 0.616. The van der Waals surface area contributed by atoms with Crippen LogP contribution in [0.25, 0.3) is 0 Å². The van der Waals surface area contributed by atoms with Crippen LogP contribution < -0.4 is 16.0 Å². The SMILES string of the molecule is CC(CC(=O)Nc1ccc(C(=O)NCC(F)(F)F)cc1)C1CCCNC1.Cl. The first-order valence-corrected chi connectivity index (χ1v) is 8.70. The highest BCUT2D eigenvalue weighted by Crippen LogP contribution is 2.23. The lowest BCUT2D eigenvalue weighted by atomic mass is 9.85. The summed E-state index contributed by atoms with van der Waals surface area (Å²) in [6.07, 6.45) is -1.81. The third kappa shape index (κ3) is 8.17. The van der Waals surface area contributed by atoms with Crippen LogP contribution in [0, 0.1) is 11.8 Å². The smallest absolute Gasteiger partial charge is 0.343 e. The number of nitrogens with one attached hydrogen (secondary N) is 3. The number of carbonyl (C=O) groups is 2. The van der Waals surface area contributed by atoms with Crippen LogP contribution in [-0.2, 0) is 4.79 Å². The van der Waals surface area contributed by atoms with Crippen LogP contribution in [0.1, 0.15) is 36.5 Å². The number of piperidine rings is 1. The van der Waals surface area contributed by atoms with E-state index in [0.717, 1.165) is 25.9 Å². The van der Waals surface area contributed by atoms with Crippen molar-refractivity contribution >= 4 is 29.9 Å². The predicted molar refractivity (Wildman–Crippen MR) is 100 cm³/mol. The van der Waals surface area contributed by atoms with Gasteiger partial charge in [0.25, 0.3) is 5.91 Å². The molecule has 1 aromatic rings. The molecule has 2 atom stereocenters. The molecule has 1 aromatic carbocycles. The molecule has 5 nitrogen and oxygen atoms in total. The number of anilines is 1. The highest BCUT2D eigenvalue weighted by Gasteiger charge is 2.28. The van der Waals surface area contributed by atoms with Gasteiger partial charge in [-0.05, 0) is 62.0 Å². The fraction of sp³-hybridized carbons (Fsp3) is 0.556. The van der Waals surface area contributed by atoms with Crippen LogP contribution in [-0.4, -0.2) is 37.6 Å². The number of amides is 2. The number of rotatable bonds is 6. The maximum absolute atomic E-state index is 12.2. The zero-order valence-corrected chi connectivity index (χ0v) is 15.9. The fourth-order valence-electron chi connectivity index (χ4n) is 3.02. The molecular weight excluding hydrogens is 383 g/mol. The lowest BCUT2D eigenvalue weighted by Gasteiger charge is -2.28. The minimum atomic E-state index is -4.45. The van der Waals surface area contributed by atoms with E-state index in [-0.39, 0.29) is 29.8 Å². The van der Waals surface area contributed by atoms with Gasteiger partial charge in [-0.2, -0.15) is 13.2 Å². The number of carbonyl (C=O) groups excluding carboxylic acids is 2. The first-order valence-electron chi connectivity index (χ1n) is 8.70. The van der Waals surface area contributed by atoms with Gasteiger partial charge in [0.15, 0.2) is 0 Å². The summed E-state index contributed by atoms with van der Waals surface area (Å²) in [4.78, 5) is 23.8. The summed E-state index contributed by atoms with van der Waals surface area (Å²) < 4.78 is 36.3. The van der Waals surface area contributed by atoms with E-state index in [2.05, 4.69) is 17.6 Å². The molecule has 0 radical (unpaired) electrons. The quantitative estimate of drug-likeness (QED) is 0.677. The zero-order chi connectivity index (χ0) is 19.2. The molecule has 2 rings (SSSR count). The van der Waals surface area contributed by atoms with Gasteiger partial charge in [-0.25, -0.2) is 0 Å². The Kier molecular flexibility index (Phi) is 9.05. The molecule has 2 amide bonds. The molecular formula is C18H25ClF3N3O2. The maximum atomic E-state index is 12.2. The number of alkyl halides is 3. The van der Waals surface area contributed by atoms with E-state index in [1.165, 1.54) is 24.3 Å². The van der Waals surface area contributed by atoms with E-state index in [9.17, 15) is 22.8 Å². The third-order valence-corrected chi connectivity index (χ3v) is 4.53. The van der Waals surface area contributed by atoms with Crippen LogP contribution in [0.3, 0.4) is 0 Å². The van der Waals surface area contributed by atoms with Gasteiger partial charge in [0, 0.05) is 17.7 Å². The zero-order valence-electron chi connectivity index (χ0n) is 15.1. The van der Waals surface area contributed by atoms with Gasteiger partial charge in [-0.1, -0.05) is 6.92 Å². The van der Waals surface area contributed by atoms with Crippen LogP contribution >= 0.6 is 12.4 Å². The van der Waals surface area contributed by atoms with Crippen molar-refractivity contribution in [3.63, 3.8) is 0 Å². The fourth-order valence-corrected chi connectivity index (χ4v) is 3.02. The molecule has 2 unspecified atom stereocenters. The molecule has 9 heteroatoms. The summed E-state index contributed by atoms with van der Waals surface area (Å²) in [6.45, 7) is 2.64. The summed E-state index contributed by atoms with van der Waals surface area (Å²) in [7, 11) is 0. The predicted octanol–water partition coefficient (Wildman–Crippen LogP) is 3.36. The summed E-state index contributed by atoms with van der Waals surface area (Å²) >= 11 is 0. The van der Waals surface area contributed by atoms with Gasteiger partial charge in [0.2, 0.25) is 5.91 Å². The van der Waals surface area contributed by atoms with Crippen molar-refractivity contribution in [2.24, 2.45) is 11.8 Å². The molecule has 1 aliphatic rings. The van der Waals surface area contributed by atoms with Crippen LogP contribution in [0.15, 0.2) is 24.3 Å². The molecule has 1 aliphatic heterocycles. The maximum Gasteiger partial charge on any atom is 0.405 e. The largest absolute Gasteiger partial charge is 0.405 e. The van der Waals surface area contributed by atoms with Gasteiger partial charge < -0.3 is 16.0 Å². The summed E-state index contributed by atoms with van der Waals surface area (Å²) in [6, 6.07) is 5.78. The number of halogens is 4. The Hall–Kier alpha value is -1.80. The lowest BCUT2D eigenvalue weighted by molar-refractivity contribution is -0.123. The Morgan fingerprint density at radius 1 is 1.26 bits per heavy atom. The Bertz CT molecular complexity index is 617. The van der Waals surface area contributed by atoms with Gasteiger partial charge in [-0.15, -0.1) is 12.4 Å². The highest BCUT2D eigenvalue weighted by atomic mass is 35.5. The standard InChI is InChI=1S/C18H24F3N3O2.ClH/c1-12(14-3-2-8-22-10-14)9-16(25)24-15-6-4-13(5-7-15)17(26)23-11-18(19,20)21;/h4-7,12,14,22H,2-3,8-11H2,1H3,(H,23,26)(H,24,25);1H. The van der Waals surface area contributed by atoms with E-state index < -0.39 is 18.6 Å². The van der Waals surface area contributed by atoms with Crippen molar-refractivity contribution in [2.45, 2.75) is 32.4 Å². The van der Waals surface area contributed by atoms with Crippen molar-refractivity contribution in [3.8, 4) is 0 Å². The second kappa shape index (κ2) is 10.5. The van der Waals surface area contributed by atoms with Gasteiger partial charge >= 0.3 is 6.18 Å². The Morgan fingerprint density at radius 3 is 2.48 bits per heavy atom. The third-order valence-electron chi connectivity index (χ3n) is 4.53.